The molecule has 2 aromatic rings. The van der Waals surface area contributed by atoms with Gasteiger partial charge in [-0.3, -0.25) is 0 Å². The average molecular weight is 285 g/mol. The van der Waals surface area contributed by atoms with Crippen LogP contribution in [0.2, 0.25) is 0 Å². The van der Waals surface area contributed by atoms with Gasteiger partial charge < -0.3 is 10.6 Å². The first-order valence-corrected chi connectivity index (χ1v) is 7.21. The van der Waals surface area contributed by atoms with E-state index in [1.165, 1.54) is 19.2 Å². The number of carbonyl (C=O) groups is 1. The summed E-state index contributed by atoms with van der Waals surface area (Å²) in [5.41, 5.74) is 2.24. The van der Waals surface area contributed by atoms with Crippen molar-refractivity contribution in [3.05, 3.63) is 48.0 Å². The molecule has 2 N–H and O–H groups in total. The summed E-state index contributed by atoms with van der Waals surface area (Å²) in [4.78, 5) is 15.5. The lowest BCUT2D eigenvalue weighted by Crippen LogP contribution is -2.36. The van der Waals surface area contributed by atoms with Crippen LogP contribution in [0, 0.1) is 5.92 Å². The van der Waals surface area contributed by atoms with E-state index in [9.17, 15) is 4.79 Å². The normalized spacial score (nSPS) is 13.9. The summed E-state index contributed by atoms with van der Waals surface area (Å²) in [6.07, 6.45) is 5.71. The topological polar surface area (TPSA) is 71.8 Å². The highest BCUT2D eigenvalue weighted by Crippen LogP contribution is 2.27. The van der Waals surface area contributed by atoms with E-state index in [0.717, 1.165) is 17.7 Å². The molecule has 0 aliphatic heterocycles. The fourth-order valence-corrected chi connectivity index (χ4v) is 2.07. The average Bonchev–Trinajstić information content (AvgIpc) is 3.20. The third-order valence-corrected chi connectivity index (χ3v) is 3.54. The molecule has 0 unspecified atom stereocenters. The van der Waals surface area contributed by atoms with E-state index in [1.54, 1.807) is 11.0 Å². The zero-order valence-corrected chi connectivity index (χ0v) is 11.8. The third kappa shape index (κ3) is 4.30. The number of amides is 2. The highest BCUT2D eigenvalue weighted by Gasteiger charge is 2.21. The van der Waals surface area contributed by atoms with Crippen LogP contribution in [0.25, 0.3) is 0 Å². The Balaban J connectivity index is 1.44. The summed E-state index contributed by atoms with van der Waals surface area (Å²) in [7, 11) is 0. The van der Waals surface area contributed by atoms with E-state index in [1.807, 2.05) is 24.3 Å². The summed E-state index contributed by atoms with van der Waals surface area (Å²) in [5, 5.41) is 9.83. The van der Waals surface area contributed by atoms with Crippen molar-refractivity contribution in [3.63, 3.8) is 0 Å². The predicted molar refractivity (Wildman–Crippen MR) is 78.5 cm³/mol. The van der Waals surface area contributed by atoms with Gasteiger partial charge in [0, 0.05) is 13.1 Å². The quantitative estimate of drug-likeness (QED) is 0.845. The minimum absolute atomic E-state index is 0.0893. The molecule has 1 heterocycles. The van der Waals surface area contributed by atoms with E-state index in [0.29, 0.717) is 19.0 Å². The van der Waals surface area contributed by atoms with Gasteiger partial charge in [-0.15, -0.1) is 0 Å². The van der Waals surface area contributed by atoms with Gasteiger partial charge in [0.2, 0.25) is 0 Å². The van der Waals surface area contributed by atoms with Gasteiger partial charge in [0.15, 0.2) is 0 Å². The van der Waals surface area contributed by atoms with Crippen LogP contribution in [-0.4, -0.2) is 27.3 Å². The van der Waals surface area contributed by atoms with E-state index in [-0.39, 0.29) is 6.03 Å². The number of hydrogen-bond donors (Lipinski definition) is 2. The van der Waals surface area contributed by atoms with Crippen molar-refractivity contribution in [1.29, 1.82) is 0 Å². The fraction of sp³-hybridized carbons (Fsp3) is 0.400. The number of nitrogens with zero attached hydrogens (tertiary/aromatic N) is 3. The number of rotatable bonds is 6. The summed E-state index contributed by atoms with van der Waals surface area (Å²) < 4.78 is 1.78. The Morgan fingerprint density at radius 3 is 2.62 bits per heavy atom. The summed E-state index contributed by atoms with van der Waals surface area (Å²) in [6.45, 7) is 2.04. The van der Waals surface area contributed by atoms with Gasteiger partial charge in [-0.2, -0.15) is 5.10 Å². The first kappa shape index (κ1) is 13.6. The molecule has 6 nitrogen and oxygen atoms in total. The lowest BCUT2D eigenvalue weighted by molar-refractivity contribution is 0.240. The van der Waals surface area contributed by atoms with E-state index < -0.39 is 0 Å². The fourth-order valence-electron chi connectivity index (χ4n) is 2.07. The highest BCUT2D eigenvalue weighted by atomic mass is 16.2. The molecule has 110 valence electrons. The smallest absolute Gasteiger partial charge is 0.315 e. The Labute approximate surface area is 123 Å². The number of nitrogens with one attached hydrogen (secondary N) is 2. The van der Waals surface area contributed by atoms with Crippen molar-refractivity contribution in [2.75, 3.05) is 6.54 Å². The molecule has 21 heavy (non-hydrogen) atoms. The van der Waals surface area contributed by atoms with Crippen molar-refractivity contribution in [2.45, 2.75) is 25.9 Å². The molecule has 3 rings (SSSR count). The SMILES string of the molecule is O=C(NCc1ccc(Cn2cncn2)cc1)NCC1CC1. The highest BCUT2D eigenvalue weighted by molar-refractivity contribution is 5.73. The Morgan fingerprint density at radius 2 is 1.95 bits per heavy atom. The maximum Gasteiger partial charge on any atom is 0.315 e. The Morgan fingerprint density at radius 1 is 1.19 bits per heavy atom. The molecule has 1 aromatic heterocycles. The van der Waals surface area contributed by atoms with Crippen LogP contribution in [0.5, 0.6) is 0 Å². The lowest BCUT2D eigenvalue weighted by Gasteiger charge is -2.08. The van der Waals surface area contributed by atoms with Gasteiger partial charge >= 0.3 is 6.03 Å². The number of hydrogen-bond acceptors (Lipinski definition) is 3. The second kappa shape index (κ2) is 6.39. The second-order valence-corrected chi connectivity index (χ2v) is 5.42. The molecule has 1 fully saturated rings. The molecule has 0 radical (unpaired) electrons. The molecule has 0 atom stereocenters. The first-order chi connectivity index (χ1) is 10.3. The lowest BCUT2D eigenvalue weighted by atomic mass is 10.1. The third-order valence-electron chi connectivity index (χ3n) is 3.54. The monoisotopic (exact) mass is 285 g/mol. The van der Waals surface area contributed by atoms with E-state index >= 15 is 0 Å². The molecule has 1 aliphatic carbocycles. The maximum atomic E-state index is 11.6. The number of carbonyl (C=O) groups excluding carboxylic acids is 1. The predicted octanol–water partition coefficient (Wildman–Crippen LogP) is 1.54. The van der Waals surface area contributed by atoms with Crippen LogP contribution in [0.15, 0.2) is 36.9 Å². The van der Waals surface area contributed by atoms with E-state index in [4.69, 9.17) is 0 Å². The molecular formula is C15H19N5O. The maximum absolute atomic E-state index is 11.6. The van der Waals surface area contributed by atoms with Crippen LogP contribution in [-0.2, 0) is 13.1 Å². The van der Waals surface area contributed by atoms with Gasteiger partial charge in [0.05, 0.1) is 6.54 Å². The van der Waals surface area contributed by atoms with Gasteiger partial charge in [0.25, 0.3) is 0 Å². The standard InChI is InChI=1S/C15H19N5O/c21-15(17-7-12-1-2-12)18-8-13-3-5-14(6-4-13)9-20-11-16-10-19-20/h3-6,10-12H,1-2,7-9H2,(H2,17,18,21). The molecular weight excluding hydrogens is 266 g/mol. The van der Waals surface area contributed by atoms with Crippen molar-refractivity contribution in [3.8, 4) is 0 Å². The Kier molecular flexibility index (Phi) is 4.14. The van der Waals surface area contributed by atoms with Gasteiger partial charge in [-0.25, -0.2) is 14.5 Å². The summed E-state index contributed by atoms with van der Waals surface area (Å²) in [5.74, 6) is 0.701. The van der Waals surface area contributed by atoms with Crippen LogP contribution < -0.4 is 10.6 Å². The molecule has 0 saturated heterocycles. The Hall–Kier alpha value is -2.37. The first-order valence-electron chi connectivity index (χ1n) is 7.21. The van der Waals surface area contributed by atoms with Crippen LogP contribution >= 0.6 is 0 Å². The van der Waals surface area contributed by atoms with Crippen molar-refractivity contribution in [1.82, 2.24) is 25.4 Å². The van der Waals surface area contributed by atoms with Gasteiger partial charge in [-0.05, 0) is 29.9 Å². The summed E-state index contributed by atoms with van der Waals surface area (Å²) in [6, 6.07) is 8.04. The Bertz CT molecular complexity index is 575. The van der Waals surface area contributed by atoms with E-state index in [2.05, 4.69) is 20.7 Å². The summed E-state index contributed by atoms with van der Waals surface area (Å²) >= 11 is 0. The van der Waals surface area contributed by atoms with Crippen molar-refractivity contribution >= 4 is 6.03 Å². The van der Waals surface area contributed by atoms with Crippen LogP contribution in [0.3, 0.4) is 0 Å². The van der Waals surface area contributed by atoms with Gasteiger partial charge in [-0.1, -0.05) is 24.3 Å². The number of urea groups is 1. The zero-order valence-electron chi connectivity index (χ0n) is 11.8. The second-order valence-electron chi connectivity index (χ2n) is 5.42. The minimum atomic E-state index is -0.0893. The molecule has 1 saturated carbocycles. The molecule has 2 amide bonds. The van der Waals surface area contributed by atoms with Crippen molar-refractivity contribution < 1.29 is 4.79 Å². The molecule has 0 spiro atoms. The molecule has 1 aliphatic rings. The molecule has 1 aromatic carbocycles. The number of benzene rings is 1. The van der Waals surface area contributed by atoms with Gasteiger partial charge in [0.1, 0.15) is 12.7 Å². The van der Waals surface area contributed by atoms with Crippen LogP contribution in [0.4, 0.5) is 4.79 Å². The molecule has 6 heteroatoms. The largest absolute Gasteiger partial charge is 0.338 e. The van der Waals surface area contributed by atoms with Crippen LogP contribution in [0.1, 0.15) is 24.0 Å². The van der Waals surface area contributed by atoms with Crippen molar-refractivity contribution in [2.24, 2.45) is 5.92 Å². The zero-order chi connectivity index (χ0) is 14.5. The number of aromatic nitrogens is 3. The molecule has 0 bridgehead atoms. The minimum Gasteiger partial charge on any atom is -0.338 e.